The molecule has 0 radical (unpaired) electrons. The zero-order valence-electron chi connectivity index (χ0n) is 9.73. The second-order valence-corrected chi connectivity index (χ2v) is 3.22. The van der Waals surface area contributed by atoms with Crippen LogP contribution in [0.3, 0.4) is 0 Å². The van der Waals surface area contributed by atoms with Gasteiger partial charge in [-0.3, -0.25) is 9.59 Å². The normalized spacial score (nSPS) is 9.24. The lowest BCUT2D eigenvalue weighted by Gasteiger charge is -2.19. The highest BCUT2D eigenvalue weighted by atomic mass is 16.4. The van der Waals surface area contributed by atoms with E-state index in [2.05, 4.69) is 17.2 Å². The average Bonchev–Trinajstić information content (AvgIpc) is 2.27. The van der Waals surface area contributed by atoms with Crippen molar-refractivity contribution in [3.63, 3.8) is 0 Å². The van der Waals surface area contributed by atoms with E-state index in [0.717, 1.165) is 4.90 Å². The lowest BCUT2D eigenvalue weighted by atomic mass is 10.4. The topological polar surface area (TPSA) is 98.7 Å². The molecular formula is C10H17N3O4. The Bertz CT molecular complexity index is 304. The summed E-state index contributed by atoms with van der Waals surface area (Å²) in [5, 5.41) is 13.5. The summed E-state index contributed by atoms with van der Waals surface area (Å²) < 4.78 is 0. The molecule has 0 unspecified atom stereocenters. The second-order valence-electron chi connectivity index (χ2n) is 3.22. The number of rotatable bonds is 7. The van der Waals surface area contributed by atoms with Gasteiger partial charge in [-0.05, 0) is 0 Å². The maximum absolute atomic E-state index is 11.5. The fourth-order valence-electron chi connectivity index (χ4n) is 1.06. The van der Waals surface area contributed by atoms with Crippen LogP contribution in [0.4, 0.5) is 4.79 Å². The largest absolute Gasteiger partial charge is 0.480 e. The van der Waals surface area contributed by atoms with Crippen molar-refractivity contribution in [2.45, 2.75) is 6.42 Å². The molecule has 0 rings (SSSR count). The van der Waals surface area contributed by atoms with E-state index in [4.69, 9.17) is 5.11 Å². The van der Waals surface area contributed by atoms with Gasteiger partial charge in [-0.1, -0.05) is 6.08 Å². The minimum Gasteiger partial charge on any atom is -0.480 e. The Balaban J connectivity index is 4.09. The number of hydrogen-bond donors (Lipinski definition) is 3. The van der Waals surface area contributed by atoms with Crippen molar-refractivity contribution in [1.82, 2.24) is 15.5 Å². The third-order valence-corrected chi connectivity index (χ3v) is 1.87. The smallest absolute Gasteiger partial charge is 0.323 e. The summed E-state index contributed by atoms with van der Waals surface area (Å²) in [6, 6.07) is -0.531. The summed E-state index contributed by atoms with van der Waals surface area (Å²) in [5.41, 5.74) is 0. The van der Waals surface area contributed by atoms with E-state index in [1.165, 1.54) is 13.1 Å². The maximum atomic E-state index is 11.5. The molecule has 0 aromatic rings. The molecule has 0 bridgehead atoms. The quantitative estimate of drug-likeness (QED) is 0.520. The Labute approximate surface area is 99.5 Å². The molecule has 0 aliphatic carbocycles. The minimum atomic E-state index is -1.10. The van der Waals surface area contributed by atoms with Crippen LogP contribution in [0.1, 0.15) is 6.42 Å². The van der Waals surface area contributed by atoms with Crippen molar-refractivity contribution >= 4 is 17.9 Å². The van der Waals surface area contributed by atoms with Crippen molar-refractivity contribution in [2.24, 2.45) is 0 Å². The predicted octanol–water partition coefficient (Wildman–Crippen LogP) is -0.595. The number of aliphatic carboxylic acids is 1. The Morgan fingerprint density at radius 2 is 2.06 bits per heavy atom. The Morgan fingerprint density at radius 1 is 1.41 bits per heavy atom. The molecule has 7 nitrogen and oxygen atoms in total. The van der Waals surface area contributed by atoms with Crippen LogP contribution < -0.4 is 10.6 Å². The van der Waals surface area contributed by atoms with Crippen molar-refractivity contribution in [2.75, 3.05) is 26.7 Å². The van der Waals surface area contributed by atoms with Crippen LogP contribution in [0.2, 0.25) is 0 Å². The van der Waals surface area contributed by atoms with Gasteiger partial charge in [0.25, 0.3) is 0 Å². The van der Waals surface area contributed by atoms with E-state index in [9.17, 15) is 14.4 Å². The average molecular weight is 243 g/mol. The fourth-order valence-corrected chi connectivity index (χ4v) is 1.06. The van der Waals surface area contributed by atoms with Gasteiger partial charge in [0.15, 0.2) is 0 Å². The van der Waals surface area contributed by atoms with Gasteiger partial charge in [0.05, 0.1) is 0 Å². The van der Waals surface area contributed by atoms with E-state index in [1.807, 2.05) is 0 Å². The molecule has 0 aromatic carbocycles. The lowest BCUT2D eigenvalue weighted by molar-refractivity contribution is -0.137. The van der Waals surface area contributed by atoms with Crippen LogP contribution in [-0.2, 0) is 9.59 Å². The fraction of sp³-hybridized carbons (Fsp3) is 0.500. The summed E-state index contributed by atoms with van der Waals surface area (Å²) in [6.45, 7) is 3.32. The highest BCUT2D eigenvalue weighted by Gasteiger charge is 2.14. The van der Waals surface area contributed by atoms with Crippen LogP contribution in [0.15, 0.2) is 12.7 Å². The molecule has 0 atom stereocenters. The van der Waals surface area contributed by atoms with Crippen molar-refractivity contribution < 1.29 is 19.5 Å². The number of hydrogen-bond acceptors (Lipinski definition) is 3. The van der Waals surface area contributed by atoms with E-state index < -0.39 is 18.5 Å². The second kappa shape index (κ2) is 8.14. The number of nitrogens with zero attached hydrogens (tertiary/aromatic N) is 1. The van der Waals surface area contributed by atoms with E-state index in [-0.39, 0.29) is 25.4 Å². The zero-order chi connectivity index (χ0) is 13.3. The van der Waals surface area contributed by atoms with Gasteiger partial charge < -0.3 is 20.6 Å². The number of urea groups is 1. The molecule has 17 heavy (non-hydrogen) atoms. The van der Waals surface area contributed by atoms with Crippen LogP contribution in [-0.4, -0.2) is 54.6 Å². The number of carbonyl (C=O) groups is 3. The minimum absolute atomic E-state index is 0.137. The molecule has 96 valence electrons. The van der Waals surface area contributed by atoms with Crippen molar-refractivity contribution in [3.8, 4) is 0 Å². The molecule has 3 N–H and O–H groups in total. The molecule has 3 amide bonds. The van der Waals surface area contributed by atoms with Gasteiger partial charge in [0.2, 0.25) is 5.91 Å². The number of carboxylic acids is 1. The van der Waals surface area contributed by atoms with Gasteiger partial charge >= 0.3 is 12.0 Å². The molecule has 7 heteroatoms. The third kappa shape index (κ3) is 6.93. The summed E-state index contributed by atoms with van der Waals surface area (Å²) in [7, 11) is 1.50. The van der Waals surface area contributed by atoms with Gasteiger partial charge in [0.1, 0.15) is 6.54 Å². The molecular weight excluding hydrogens is 226 g/mol. The van der Waals surface area contributed by atoms with Crippen LogP contribution in [0.25, 0.3) is 0 Å². The first kappa shape index (κ1) is 14.9. The maximum Gasteiger partial charge on any atom is 0.323 e. The number of nitrogens with one attached hydrogen (secondary N) is 2. The number of carbonyl (C=O) groups excluding carboxylic acids is 2. The van der Waals surface area contributed by atoms with E-state index >= 15 is 0 Å². The standard InChI is InChI=1S/C10H17N3O4/c1-3-6-13(7-9(15)16)10(17)12-5-4-8(14)11-2/h3H,1,4-7H2,2H3,(H,11,14)(H,12,17)(H,15,16). The Morgan fingerprint density at radius 3 is 2.53 bits per heavy atom. The number of carboxylic acid groups (broad SMARTS) is 1. The SMILES string of the molecule is C=CCN(CC(=O)O)C(=O)NCCC(=O)NC. The molecule has 0 aliphatic heterocycles. The van der Waals surface area contributed by atoms with Crippen LogP contribution in [0, 0.1) is 0 Å². The Kier molecular flexibility index (Phi) is 7.16. The van der Waals surface area contributed by atoms with Gasteiger partial charge in [-0.25, -0.2) is 4.79 Å². The Hall–Kier alpha value is -2.05. The van der Waals surface area contributed by atoms with Gasteiger partial charge in [-0.15, -0.1) is 6.58 Å². The van der Waals surface area contributed by atoms with E-state index in [0.29, 0.717) is 0 Å². The van der Waals surface area contributed by atoms with Gasteiger partial charge in [-0.2, -0.15) is 0 Å². The highest BCUT2D eigenvalue weighted by Crippen LogP contribution is 1.90. The lowest BCUT2D eigenvalue weighted by Crippen LogP contribution is -2.43. The third-order valence-electron chi connectivity index (χ3n) is 1.87. The summed E-state index contributed by atoms with van der Waals surface area (Å²) in [6.07, 6.45) is 1.58. The molecule has 0 spiro atoms. The molecule has 0 aromatic heterocycles. The molecule has 0 aliphatic rings. The van der Waals surface area contributed by atoms with Crippen LogP contribution >= 0.6 is 0 Å². The summed E-state index contributed by atoms with van der Waals surface area (Å²) >= 11 is 0. The first-order valence-electron chi connectivity index (χ1n) is 5.07. The van der Waals surface area contributed by atoms with Crippen LogP contribution in [0.5, 0.6) is 0 Å². The summed E-state index contributed by atoms with van der Waals surface area (Å²) in [4.78, 5) is 34.0. The summed E-state index contributed by atoms with van der Waals surface area (Å²) in [5.74, 6) is -1.30. The van der Waals surface area contributed by atoms with Gasteiger partial charge in [0, 0.05) is 26.6 Å². The molecule has 0 saturated carbocycles. The predicted molar refractivity (Wildman–Crippen MR) is 61.5 cm³/mol. The first-order chi connectivity index (χ1) is 8.01. The first-order valence-corrected chi connectivity index (χ1v) is 5.07. The monoisotopic (exact) mass is 243 g/mol. The van der Waals surface area contributed by atoms with Crippen molar-refractivity contribution in [1.29, 1.82) is 0 Å². The zero-order valence-corrected chi connectivity index (χ0v) is 9.73. The molecule has 0 heterocycles. The molecule has 0 fully saturated rings. The van der Waals surface area contributed by atoms with Crippen molar-refractivity contribution in [3.05, 3.63) is 12.7 Å². The highest BCUT2D eigenvalue weighted by molar-refractivity contribution is 5.81. The number of amides is 3. The van der Waals surface area contributed by atoms with E-state index in [1.54, 1.807) is 0 Å². The molecule has 0 saturated heterocycles.